The van der Waals surface area contributed by atoms with Crippen LogP contribution in [-0.2, 0) is 4.79 Å². The van der Waals surface area contributed by atoms with E-state index in [1.807, 2.05) is 71.3 Å². The van der Waals surface area contributed by atoms with Crippen molar-refractivity contribution in [2.45, 2.75) is 32.6 Å². The maximum absolute atomic E-state index is 14.1. The average Bonchev–Trinajstić information content (AvgIpc) is 2.83. The van der Waals surface area contributed by atoms with Crippen LogP contribution in [0, 0.1) is 5.41 Å². The molecule has 0 fully saturated rings. The van der Waals surface area contributed by atoms with Gasteiger partial charge in [0.2, 0.25) is 5.88 Å². The van der Waals surface area contributed by atoms with Gasteiger partial charge in [0.1, 0.15) is 5.76 Å². The lowest BCUT2D eigenvalue weighted by Gasteiger charge is -2.39. The molecule has 2 aliphatic rings. The Hall–Kier alpha value is -3.63. The van der Waals surface area contributed by atoms with Crippen molar-refractivity contribution in [1.82, 2.24) is 4.57 Å². The summed E-state index contributed by atoms with van der Waals surface area (Å²) in [4.78, 5) is 27.6. The molecule has 1 aromatic heterocycles. The molecule has 35 heavy (non-hydrogen) atoms. The fraction of sp³-hybridized carbons (Fsp3) is 0.200. The van der Waals surface area contributed by atoms with Crippen molar-refractivity contribution in [2.24, 2.45) is 5.41 Å². The molecule has 0 bridgehead atoms. The number of hydrogen-bond acceptors (Lipinski definition) is 3. The molecule has 5 heteroatoms. The van der Waals surface area contributed by atoms with Crippen molar-refractivity contribution in [3.63, 3.8) is 0 Å². The first-order chi connectivity index (χ1) is 16.8. The molecule has 4 aromatic rings. The first-order valence-electron chi connectivity index (χ1n) is 11.8. The molecule has 174 valence electrons. The molecule has 1 atom stereocenters. The Labute approximate surface area is 208 Å². The third-order valence-corrected chi connectivity index (χ3v) is 7.21. The molecular weight excluding hydrogens is 458 g/mol. The van der Waals surface area contributed by atoms with Crippen LogP contribution in [0.2, 0.25) is 5.02 Å². The number of benzene rings is 3. The van der Waals surface area contributed by atoms with Gasteiger partial charge in [0.05, 0.1) is 17.0 Å². The summed E-state index contributed by atoms with van der Waals surface area (Å²) in [7, 11) is 0. The number of ketones is 1. The minimum atomic E-state index is -0.526. The summed E-state index contributed by atoms with van der Waals surface area (Å²) in [6.45, 7) is 4.16. The number of carbonyl (C=O) groups is 1. The van der Waals surface area contributed by atoms with Gasteiger partial charge in [-0.25, -0.2) is 0 Å². The maximum atomic E-state index is 14.1. The average molecular weight is 482 g/mol. The van der Waals surface area contributed by atoms with Gasteiger partial charge < -0.3 is 4.74 Å². The van der Waals surface area contributed by atoms with Crippen LogP contribution in [-0.4, -0.2) is 10.4 Å². The Morgan fingerprint density at radius 1 is 0.886 bits per heavy atom. The normalized spacial score (nSPS) is 18.7. The van der Waals surface area contributed by atoms with Crippen LogP contribution in [0.5, 0.6) is 5.88 Å². The number of aromatic nitrogens is 1. The van der Waals surface area contributed by atoms with E-state index in [-0.39, 0.29) is 16.6 Å². The van der Waals surface area contributed by atoms with E-state index in [4.69, 9.17) is 16.3 Å². The summed E-state index contributed by atoms with van der Waals surface area (Å²) >= 11 is 6.20. The SMILES string of the molecule is CC1(C)CC(=O)C2=C(C1)Oc1c(c(=O)c3ccccc3n1-c1ccccc1)C2c1ccc(Cl)cc1. The number of pyridine rings is 1. The zero-order chi connectivity index (χ0) is 24.3. The number of para-hydroxylation sites is 2. The van der Waals surface area contributed by atoms with Crippen LogP contribution in [0.25, 0.3) is 16.6 Å². The van der Waals surface area contributed by atoms with Gasteiger partial charge in [0.15, 0.2) is 11.2 Å². The number of ether oxygens (including phenoxy) is 1. The van der Waals surface area contributed by atoms with Gasteiger partial charge in [-0.15, -0.1) is 0 Å². The standard InChI is InChI=1S/C30H24ClNO3/c1-30(2)16-23(33)26-24(17-30)35-29-27(25(26)18-12-14-19(31)15-13-18)28(34)21-10-6-7-11-22(21)32(29)20-8-4-3-5-9-20/h3-15,25H,16-17H2,1-2H3. The number of halogens is 1. The maximum Gasteiger partial charge on any atom is 0.212 e. The summed E-state index contributed by atoms with van der Waals surface area (Å²) < 4.78 is 8.59. The Bertz CT molecular complexity index is 1580. The number of Topliss-reactive ketones (excluding diaryl/α,β-unsaturated/α-hetero) is 1. The van der Waals surface area contributed by atoms with Gasteiger partial charge in [0.25, 0.3) is 0 Å². The molecule has 0 amide bonds. The van der Waals surface area contributed by atoms with Crippen LogP contribution in [0.15, 0.2) is 95.0 Å². The van der Waals surface area contributed by atoms with Gasteiger partial charge in [-0.1, -0.05) is 67.9 Å². The van der Waals surface area contributed by atoms with E-state index in [9.17, 15) is 9.59 Å². The van der Waals surface area contributed by atoms with E-state index in [1.54, 1.807) is 12.1 Å². The summed E-state index contributed by atoms with van der Waals surface area (Å²) in [6.07, 6.45) is 1.03. The molecule has 6 rings (SSSR count). The molecule has 0 radical (unpaired) electrons. The van der Waals surface area contributed by atoms with Crippen molar-refractivity contribution >= 4 is 28.3 Å². The second-order valence-corrected chi connectivity index (χ2v) is 10.5. The van der Waals surface area contributed by atoms with Gasteiger partial charge in [-0.2, -0.15) is 0 Å². The van der Waals surface area contributed by atoms with Crippen molar-refractivity contribution in [1.29, 1.82) is 0 Å². The Morgan fingerprint density at radius 3 is 2.31 bits per heavy atom. The first kappa shape index (κ1) is 21.9. The smallest absolute Gasteiger partial charge is 0.212 e. The number of rotatable bonds is 2. The highest BCUT2D eigenvalue weighted by molar-refractivity contribution is 6.30. The van der Waals surface area contributed by atoms with Crippen LogP contribution in [0.4, 0.5) is 0 Å². The van der Waals surface area contributed by atoms with E-state index in [0.717, 1.165) is 16.8 Å². The van der Waals surface area contributed by atoms with Gasteiger partial charge in [0, 0.05) is 34.5 Å². The quantitative estimate of drug-likeness (QED) is 0.316. The lowest BCUT2D eigenvalue weighted by Crippen LogP contribution is -2.36. The lowest BCUT2D eigenvalue weighted by atomic mass is 9.70. The first-order valence-corrected chi connectivity index (χ1v) is 12.1. The molecule has 1 aliphatic carbocycles. The predicted octanol–water partition coefficient (Wildman–Crippen LogP) is 6.81. The van der Waals surface area contributed by atoms with Crippen molar-refractivity contribution in [3.05, 3.63) is 117 Å². The van der Waals surface area contributed by atoms with Crippen molar-refractivity contribution < 1.29 is 9.53 Å². The van der Waals surface area contributed by atoms with E-state index in [2.05, 4.69) is 13.8 Å². The number of carbonyl (C=O) groups excluding carboxylic acids is 1. The molecule has 0 N–H and O–H groups in total. The number of allylic oxidation sites excluding steroid dienone is 2. The fourth-order valence-corrected chi connectivity index (χ4v) is 5.59. The summed E-state index contributed by atoms with van der Waals surface area (Å²) in [6, 6.07) is 24.9. The van der Waals surface area contributed by atoms with Crippen LogP contribution >= 0.6 is 11.6 Å². The minimum Gasteiger partial charge on any atom is -0.444 e. The summed E-state index contributed by atoms with van der Waals surface area (Å²) in [5.74, 6) is 0.629. The van der Waals surface area contributed by atoms with Gasteiger partial charge in [-0.3, -0.25) is 14.2 Å². The van der Waals surface area contributed by atoms with Crippen LogP contribution in [0.3, 0.4) is 0 Å². The van der Waals surface area contributed by atoms with E-state index < -0.39 is 5.92 Å². The molecule has 0 saturated carbocycles. The van der Waals surface area contributed by atoms with Crippen LogP contribution < -0.4 is 10.2 Å². The number of nitrogens with zero attached hydrogens (tertiary/aromatic N) is 1. The van der Waals surface area contributed by atoms with E-state index in [1.165, 1.54) is 0 Å². The zero-order valence-electron chi connectivity index (χ0n) is 19.5. The molecule has 1 unspecified atom stereocenters. The number of fused-ring (bicyclic) bond motifs is 2. The highest BCUT2D eigenvalue weighted by Gasteiger charge is 2.44. The highest BCUT2D eigenvalue weighted by atomic mass is 35.5. The zero-order valence-corrected chi connectivity index (χ0v) is 20.3. The summed E-state index contributed by atoms with van der Waals surface area (Å²) in [5, 5.41) is 1.19. The molecule has 0 saturated heterocycles. The molecular formula is C30H24ClNO3. The molecule has 2 heterocycles. The largest absolute Gasteiger partial charge is 0.444 e. The van der Waals surface area contributed by atoms with Crippen molar-refractivity contribution in [3.8, 4) is 11.6 Å². The third kappa shape index (κ3) is 3.52. The fourth-order valence-electron chi connectivity index (χ4n) is 5.46. The Morgan fingerprint density at radius 2 is 1.57 bits per heavy atom. The van der Waals surface area contributed by atoms with Crippen molar-refractivity contribution in [2.75, 3.05) is 0 Å². The van der Waals surface area contributed by atoms with Gasteiger partial charge >= 0.3 is 0 Å². The molecule has 3 aromatic carbocycles. The highest BCUT2D eigenvalue weighted by Crippen LogP contribution is 2.50. The molecule has 4 nitrogen and oxygen atoms in total. The van der Waals surface area contributed by atoms with Crippen LogP contribution in [0.1, 0.15) is 43.7 Å². The molecule has 0 spiro atoms. The van der Waals surface area contributed by atoms with E-state index in [0.29, 0.717) is 46.0 Å². The predicted molar refractivity (Wildman–Crippen MR) is 139 cm³/mol. The Balaban J connectivity index is 1.75. The second kappa shape index (κ2) is 7.96. The van der Waals surface area contributed by atoms with Gasteiger partial charge in [-0.05, 0) is 47.4 Å². The topological polar surface area (TPSA) is 48.3 Å². The Kier molecular flexibility index (Phi) is 4.97. The molecule has 1 aliphatic heterocycles. The summed E-state index contributed by atoms with van der Waals surface area (Å²) in [5.41, 5.74) is 3.24. The number of hydrogen-bond donors (Lipinski definition) is 0. The third-order valence-electron chi connectivity index (χ3n) is 6.96. The lowest BCUT2D eigenvalue weighted by molar-refractivity contribution is -0.118. The second-order valence-electron chi connectivity index (χ2n) is 10.1. The monoisotopic (exact) mass is 481 g/mol. The van der Waals surface area contributed by atoms with E-state index >= 15 is 0 Å². The minimum absolute atomic E-state index is 0.0284.